The van der Waals surface area contributed by atoms with Crippen LogP contribution in [0.3, 0.4) is 0 Å². The van der Waals surface area contributed by atoms with Gasteiger partial charge in [-0.2, -0.15) is 0 Å². The fourth-order valence-electron chi connectivity index (χ4n) is 18.0. The number of aliphatic carboxylic acids is 1. The van der Waals surface area contributed by atoms with Gasteiger partial charge in [-0.3, -0.25) is 9.59 Å². The summed E-state index contributed by atoms with van der Waals surface area (Å²) >= 11 is 0. The molecule has 0 amide bonds. The number of carbonyl (C=O) groups excluding carboxylic acids is 1. The number of carboxylic acids is 1. The molecule has 16 aliphatic heterocycles. The molecule has 3 spiro atoms. The molecule has 0 saturated carbocycles. The first kappa shape index (κ1) is 54.4. The highest BCUT2D eigenvalue weighted by Crippen LogP contribution is 2.59. The smallest absolute Gasteiger partial charge is 0.308 e. The third kappa shape index (κ3) is 8.84. The Bertz CT molecular complexity index is 2460. The molecule has 0 aromatic carbocycles. The number of ether oxygens (including phenoxy) is 15. The largest absolute Gasteiger partial charge is 0.481 e. The Morgan fingerprint density at radius 2 is 1.26 bits per heavy atom. The van der Waals surface area contributed by atoms with E-state index in [9.17, 15) is 30.0 Å². The third-order valence-corrected chi connectivity index (χ3v) is 21.8. The Hall–Kier alpha value is -2.26. The number of fused-ring (bicyclic) bond motifs is 10. The molecule has 444 valence electrons. The van der Waals surface area contributed by atoms with Gasteiger partial charge in [0, 0.05) is 57.3 Å². The van der Waals surface area contributed by atoms with Crippen LogP contribution in [0.2, 0.25) is 0 Å². The van der Waals surface area contributed by atoms with Gasteiger partial charge in [0.1, 0.15) is 36.6 Å². The molecule has 16 heterocycles. The lowest BCUT2D eigenvalue weighted by Crippen LogP contribution is -2.63. The maximum Gasteiger partial charge on any atom is 0.308 e. The summed E-state index contributed by atoms with van der Waals surface area (Å²) in [5.74, 6) is -7.08. The summed E-state index contributed by atoms with van der Waals surface area (Å²) in [4.78, 5) is 26.1. The van der Waals surface area contributed by atoms with Crippen molar-refractivity contribution in [2.75, 3.05) is 0 Å². The van der Waals surface area contributed by atoms with E-state index >= 15 is 0 Å². The van der Waals surface area contributed by atoms with E-state index in [0.29, 0.717) is 70.6 Å². The second-order valence-corrected chi connectivity index (χ2v) is 27.3. The summed E-state index contributed by atoms with van der Waals surface area (Å²) in [7, 11) is 0. The molecule has 0 aromatic rings. The minimum Gasteiger partial charge on any atom is -0.481 e. The number of carbonyl (C=O) groups is 2. The highest BCUT2D eigenvalue weighted by Gasteiger charge is 2.79. The van der Waals surface area contributed by atoms with Crippen molar-refractivity contribution in [2.45, 2.75) is 306 Å². The second kappa shape index (κ2) is 19.6. The van der Waals surface area contributed by atoms with Crippen LogP contribution in [-0.2, 0) is 80.6 Å². The maximum absolute atomic E-state index is 14.6. The summed E-state index contributed by atoms with van der Waals surface area (Å²) in [6, 6.07) is 0. The molecule has 2 unspecified atom stereocenters. The first-order valence-corrected chi connectivity index (χ1v) is 30.4. The molecule has 21 heteroatoms. The highest BCUT2D eigenvalue weighted by molar-refractivity contribution is 5.70. The molecule has 0 aliphatic carbocycles. The Labute approximate surface area is 466 Å². The van der Waals surface area contributed by atoms with Gasteiger partial charge in [0.05, 0.1) is 117 Å². The van der Waals surface area contributed by atoms with E-state index in [2.05, 4.69) is 40.9 Å². The number of esters is 1. The summed E-state index contributed by atoms with van der Waals surface area (Å²) in [6.07, 6.45) is -5.45. The van der Waals surface area contributed by atoms with Crippen molar-refractivity contribution in [1.82, 2.24) is 0 Å². The number of hydrogen-bond acceptors (Lipinski definition) is 20. The highest BCUT2D eigenvalue weighted by atomic mass is 16.8. The second-order valence-electron chi connectivity index (χ2n) is 27.3. The topological polar surface area (TPSA) is 254 Å². The monoisotopic (exact) mass is 1130 g/mol. The molecule has 80 heavy (non-hydrogen) atoms. The van der Waals surface area contributed by atoms with Crippen LogP contribution >= 0.6 is 0 Å². The Kier molecular flexibility index (Phi) is 13.3. The summed E-state index contributed by atoms with van der Waals surface area (Å²) in [5.41, 5.74) is 1.99. The number of hydrogen-bond donors (Lipinski definition) is 4. The zero-order valence-corrected chi connectivity index (χ0v) is 46.3. The Morgan fingerprint density at radius 1 is 0.562 bits per heavy atom. The fraction of sp³-hybridized carbons (Fsp3) is 0.898. The first-order valence-electron chi connectivity index (χ1n) is 30.4. The van der Waals surface area contributed by atoms with Crippen molar-refractivity contribution in [3.8, 4) is 0 Å². The minimum atomic E-state index is -2.04. The summed E-state index contributed by atoms with van der Waals surface area (Å²) in [5, 5.41) is 44.2. The van der Waals surface area contributed by atoms with Gasteiger partial charge in [0.25, 0.3) is 0 Å². The first-order chi connectivity index (χ1) is 38.2. The van der Waals surface area contributed by atoms with Gasteiger partial charge in [0.15, 0.2) is 17.7 Å². The van der Waals surface area contributed by atoms with Crippen LogP contribution in [0.25, 0.3) is 0 Å². The van der Waals surface area contributed by atoms with Gasteiger partial charge in [-0.05, 0) is 73.8 Å². The lowest BCUT2D eigenvalue weighted by molar-refractivity contribution is -0.371. The maximum atomic E-state index is 14.6. The van der Waals surface area contributed by atoms with E-state index in [0.717, 1.165) is 24.0 Å². The molecule has 0 aromatic heterocycles. The van der Waals surface area contributed by atoms with Crippen LogP contribution in [0.5, 0.6) is 0 Å². The lowest BCUT2D eigenvalue weighted by atomic mass is 9.78. The van der Waals surface area contributed by atoms with Crippen molar-refractivity contribution < 1.29 is 101 Å². The Balaban J connectivity index is 0.666. The van der Waals surface area contributed by atoms with Crippen LogP contribution in [0.4, 0.5) is 0 Å². The number of carboxylic acid groups (broad SMARTS) is 1. The van der Waals surface area contributed by atoms with Crippen LogP contribution < -0.4 is 0 Å². The standard InChI is InChI=1S/C59H82O21/c1-24-13-30-7-9-34-25(2)14-32(66-34)11-12-58-55(64)59(65)54(80-58)53-52(79-59)51(78-58)50-35(70-53)10-8-31(68-50)15-45(63)73-49-29(6)48-40(69-39(49)17-36(67-30)28(24)5)18-38-42(72-48)22-57(74-38)23-43-47(77-57)27(4)21-56(76-43)20-26(3)46-41(75-56)16-33(60)37(71-46)19-44(61)62/h24,26-27,29-43,46-55,60,64-65H,2,5,7-23H2,1,3-4,6H3,(H,61,62)/t24-,26+,27+,29+,30+,31-,32+,33-,34+,35+,36-,37-,38-,39+,40+,41+,42-,43+,46+,47+,48+,49-,50+,51+,52+,53-,54?,55+,56-,57-,58-,59?/m1/s1. The van der Waals surface area contributed by atoms with Gasteiger partial charge in [0.2, 0.25) is 11.6 Å². The minimum absolute atomic E-state index is 0.00631. The van der Waals surface area contributed by atoms with Crippen molar-refractivity contribution in [2.24, 2.45) is 23.7 Å². The molecule has 16 aliphatic rings. The molecule has 0 radical (unpaired) electrons. The molecule has 16 rings (SSSR count). The average Bonchev–Trinajstić information content (AvgIpc) is 4.26. The zero-order valence-electron chi connectivity index (χ0n) is 46.3. The van der Waals surface area contributed by atoms with Crippen molar-refractivity contribution in [1.29, 1.82) is 0 Å². The Morgan fingerprint density at radius 3 is 2.09 bits per heavy atom. The van der Waals surface area contributed by atoms with E-state index in [-0.39, 0.29) is 110 Å². The molecule has 16 saturated heterocycles. The van der Waals surface area contributed by atoms with Gasteiger partial charge >= 0.3 is 11.9 Å². The molecular weight excluding hydrogens is 1040 g/mol. The predicted molar refractivity (Wildman–Crippen MR) is 271 cm³/mol. The van der Waals surface area contributed by atoms with E-state index in [1.54, 1.807) is 0 Å². The summed E-state index contributed by atoms with van der Waals surface area (Å²) in [6.45, 7) is 17.5. The van der Waals surface area contributed by atoms with Crippen molar-refractivity contribution in [3.05, 3.63) is 24.3 Å². The molecular formula is C59H82O21. The van der Waals surface area contributed by atoms with E-state index in [1.165, 1.54) is 0 Å². The van der Waals surface area contributed by atoms with Crippen LogP contribution in [-0.4, -0.2) is 202 Å². The van der Waals surface area contributed by atoms with Crippen LogP contribution in [0, 0.1) is 23.7 Å². The van der Waals surface area contributed by atoms with Gasteiger partial charge in [-0.1, -0.05) is 40.9 Å². The predicted octanol–water partition coefficient (Wildman–Crippen LogP) is 3.95. The van der Waals surface area contributed by atoms with Gasteiger partial charge in [-0.15, -0.1) is 0 Å². The van der Waals surface area contributed by atoms with Crippen molar-refractivity contribution in [3.63, 3.8) is 0 Å². The fourth-order valence-corrected chi connectivity index (χ4v) is 18.0. The molecule has 21 nitrogen and oxygen atoms in total. The normalized spacial score (nSPS) is 58.7. The summed E-state index contributed by atoms with van der Waals surface area (Å²) < 4.78 is 102. The SMILES string of the molecule is C=C1C[C@@H]2CC[C@]34OC5[C@@H]6O[C@H]7CC[C@H](CC(=O)O[C@@H]8[C@@H](C)[C@@H]9O[C@@H]%10C[C@@]%11(C[C@@H]%12O[C@]%13(C[C@H](C)[C@@H]%14O[C@H](CC(=O)O)[C@H](O)C[C@@H]%14O%13)C[C@H](C)[C@@H]%12O%11)O[C@@H]%10C[C@@H]9O[C@H]8C[C@H]8O[C@@H](CC[C@@H]1O2)C[C@@H](C)C8=C)O[C@@H]7[C@H](O3)[C@@H]6OC5(O)[C@H]4O. The quantitative estimate of drug-likeness (QED) is 0.226. The zero-order chi connectivity index (χ0) is 55.1. The third-order valence-electron chi connectivity index (χ3n) is 21.8. The van der Waals surface area contributed by atoms with E-state index in [1.807, 2.05) is 0 Å². The number of aliphatic hydroxyl groups is 3. The molecule has 4 N–H and O–H groups in total. The van der Waals surface area contributed by atoms with E-state index < -0.39 is 121 Å². The molecule has 12 bridgehead atoms. The lowest BCUT2D eigenvalue weighted by Gasteiger charge is -2.54. The van der Waals surface area contributed by atoms with Crippen LogP contribution in [0.15, 0.2) is 24.3 Å². The molecule has 16 fully saturated rings. The molecule has 32 atom stereocenters. The average molecular weight is 1130 g/mol. The van der Waals surface area contributed by atoms with Gasteiger partial charge < -0.3 is 91.5 Å². The number of aliphatic hydroxyl groups excluding tert-OH is 2. The van der Waals surface area contributed by atoms with Gasteiger partial charge in [-0.25, -0.2) is 0 Å². The van der Waals surface area contributed by atoms with E-state index in [4.69, 9.17) is 71.1 Å². The van der Waals surface area contributed by atoms with Crippen molar-refractivity contribution >= 4 is 11.9 Å². The number of rotatable bonds is 2. The van der Waals surface area contributed by atoms with Crippen LogP contribution in [0.1, 0.15) is 137 Å².